The molecule has 0 bridgehead atoms. The lowest BCUT2D eigenvalue weighted by Crippen LogP contribution is -2.33. The van der Waals surface area contributed by atoms with Crippen LogP contribution in [0, 0.1) is 0 Å². The number of ketones is 1. The number of Topliss-reactive ketones (excluding diaryl/α,β-unsaturated/α-hetero) is 1. The molecule has 0 radical (unpaired) electrons. The highest BCUT2D eigenvalue weighted by molar-refractivity contribution is 6.46. The van der Waals surface area contributed by atoms with E-state index in [2.05, 4.69) is 18.7 Å². The number of aliphatic hydroxyl groups is 1. The van der Waals surface area contributed by atoms with E-state index in [4.69, 9.17) is 9.47 Å². The topological polar surface area (TPSA) is 79.3 Å². The molecule has 0 saturated carbocycles. The van der Waals surface area contributed by atoms with Gasteiger partial charge in [0.2, 0.25) is 0 Å². The lowest BCUT2D eigenvalue weighted by atomic mass is 9.95. The predicted octanol–water partition coefficient (Wildman–Crippen LogP) is 3.86. The summed E-state index contributed by atoms with van der Waals surface area (Å²) in [4.78, 5) is 30.0. The normalized spacial score (nSPS) is 17.6. The largest absolute Gasteiger partial charge is 0.507 e. The Morgan fingerprint density at radius 3 is 2.27 bits per heavy atom. The molecule has 0 aromatic heterocycles. The molecule has 1 N–H and O–H groups in total. The van der Waals surface area contributed by atoms with E-state index in [1.54, 1.807) is 48.4 Å². The summed E-state index contributed by atoms with van der Waals surface area (Å²) < 4.78 is 10.5. The van der Waals surface area contributed by atoms with Crippen molar-refractivity contribution in [2.45, 2.75) is 26.3 Å². The molecule has 3 rings (SSSR count). The van der Waals surface area contributed by atoms with Crippen molar-refractivity contribution in [1.82, 2.24) is 9.80 Å². The van der Waals surface area contributed by atoms with Crippen molar-refractivity contribution in [2.24, 2.45) is 0 Å². The standard InChI is InChI=1S/C26H32N2O5/c1-5-27(6-2)15-8-16-28-23(18-11-13-20(32-3)14-12-18)22(25(30)26(28)31)24(29)19-9-7-10-21(17-19)33-4/h7,9-14,17,23,29H,5-6,8,15-16H2,1-4H3/b24-22+/t23-/m0/s1. The number of hydrogen-bond acceptors (Lipinski definition) is 6. The average Bonchev–Trinajstić information content (AvgIpc) is 3.11. The fraction of sp³-hybridized carbons (Fsp3) is 0.385. The van der Waals surface area contributed by atoms with Crippen LogP contribution in [0.5, 0.6) is 11.5 Å². The van der Waals surface area contributed by atoms with Crippen molar-refractivity contribution < 1.29 is 24.2 Å². The van der Waals surface area contributed by atoms with E-state index in [9.17, 15) is 14.7 Å². The van der Waals surface area contributed by atoms with Crippen LogP contribution in [0.3, 0.4) is 0 Å². The fourth-order valence-corrected chi connectivity index (χ4v) is 4.17. The third-order valence-corrected chi connectivity index (χ3v) is 6.08. The number of likely N-dealkylation sites (tertiary alicyclic amines) is 1. The molecule has 7 nitrogen and oxygen atoms in total. The lowest BCUT2D eigenvalue weighted by molar-refractivity contribution is -0.140. The molecule has 1 heterocycles. The molecule has 1 aliphatic rings. The minimum Gasteiger partial charge on any atom is -0.507 e. The van der Waals surface area contributed by atoms with Gasteiger partial charge in [-0.2, -0.15) is 0 Å². The summed E-state index contributed by atoms with van der Waals surface area (Å²) in [5, 5.41) is 11.2. The van der Waals surface area contributed by atoms with E-state index in [0.717, 1.165) is 31.6 Å². The van der Waals surface area contributed by atoms with Gasteiger partial charge in [-0.1, -0.05) is 38.1 Å². The second kappa shape index (κ2) is 11.0. The second-order valence-electron chi connectivity index (χ2n) is 7.88. The molecule has 2 aromatic carbocycles. The van der Waals surface area contributed by atoms with Gasteiger partial charge in [0.1, 0.15) is 17.3 Å². The summed E-state index contributed by atoms with van der Waals surface area (Å²) in [5.74, 6) is -0.267. The van der Waals surface area contributed by atoms with E-state index in [1.165, 1.54) is 7.11 Å². The van der Waals surface area contributed by atoms with Crippen LogP contribution in [0.25, 0.3) is 5.76 Å². The summed E-state index contributed by atoms with van der Waals surface area (Å²) in [6.07, 6.45) is 0.723. The molecule has 0 aliphatic carbocycles. The number of nitrogens with zero attached hydrogens (tertiary/aromatic N) is 2. The molecular formula is C26H32N2O5. The third kappa shape index (κ3) is 5.20. The zero-order chi connectivity index (χ0) is 24.0. The second-order valence-corrected chi connectivity index (χ2v) is 7.88. The molecule has 2 aromatic rings. The Bertz CT molecular complexity index is 1010. The summed E-state index contributed by atoms with van der Waals surface area (Å²) in [6, 6.07) is 13.4. The molecule has 1 atom stereocenters. The minimum atomic E-state index is -0.682. The monoisotopic (exact) mass is 452 g/mol. The van der Waals surface area contributed by atoms with Crippen molar-refractivity contribution in [3.63, 3.8) is 0 Å². The van der Waals surface area contributed by atoms with Gasteiger partial charge in [-0.25, -0.2) is 0 Å². The van der Waals surface area contributed by atoms with Crippen LogP contribution < -0.4 is 9.47 Å². The first kappa shape index (κ1) is 24.3. The van der Waals surface area contributed by atoms with E-state index in [0.29, 0.717) is 23.6 Å². The first-order valence-electron chi connectivity index (χ1n) is 11.2. The van der Waals surface area contributed by atoms with Crippen molar-refractivity contribution in [1.29, 1.82) is 0 Å². The molecule has 0 unspecified atom stereocenters. The zero-order valence-electron chi connectivity index (χ0n) is 19.7. The van der Waals surface area contributed by atoms with Crippen LogP contribution in [0.1, 0.15) is 37.4 Å². The van der Waals surface area contributed by atoms with E-state index >= 15 is 0 Å². The maximum absolute atomic E-state index is 13.1. The zero-order valence-corrected chi connectivity index (χ0v) is 19.7. The highest BCUT2D eigenvalue weighted by Gasteiger charge is 2.45. The number of rotatable bonds is 10. The number of ether oxygens (including phenoxy) is 2. The number of amides is 1. The van der Waals surface area contributed by atoms with Crippen molar-refractivity contribution in [3.05, 3.63) is 65.2 Å². The third-order valence-electron chi connectivity index (χ3n) is 6.08. The van der Waals surface area contributed by atoms with E-state index in [1.807, 2.05) is 12.1 Å². The summed E-state index contributed by atoms with van der Waals surface area (Å²) >= 11 is 0. The maximum atomic E-state index is 13.1. The first-order valence-corrected chi connectivity index (χ1v) is 11.2. The molecular weight excluding hydrogens is 420 g/mol. The number of hydrogen-bond donors (Lipinski definition) is 1. The quantitative estimate of drug-likeness (QED) is 0.335. The molecule has 1 saturated heterocycles. The van der Waals surface area contributed by atoms with Gasteiger partial charge in [0.05, 0.1) is 25.8 Å². The van der Waals surface area contributed by atoms with Crippen LogP contribution in [-0.2, 0) is 9.59 Å². The fourth-order valence-electron chi connectivity index (χ4n) is 4.17. The Balaban J connectivity index is 2.04. The Hall–Kier alpha value is -3.32. The van der Waals surface area contributed by atoms with E-state index < -0.39 is 17.7 Å². The summed E-state index contributed by atoms with van der Waals surface area (Å²) in [7, 11) is 3.11. The molecule has 1 aliphatic heterocycles. The maximum Gasteiger partial charge on any atom is 0.295 e. The lowest BCUT2D eigenvalue weighted by Gasteiger charge is -2.27. The van der Waals surface area contributed by atoms with Crippen molar-refractivity contribution in [3.8, 4) is 11.5 Å². The molecule has 1 amide bonds. The number of carbonyl (C=O) groups excluding carboxylic acids is 2. The number of benzene rings is 2. The molecule has 1 fully saturated rings. The molecule has 33 heavy (non-hydrogen) atoms. The molecule has 0 spiro atoms. The van der Waals surface area contributed by atoms with Gasteiger partial charge in [-0.05, 0) is 55.9 Å². The number of carbonyl (C=O) groups is 2. The summed E-state index contributed by atoms with van der Waals surface area (Å²) in [6.45, 7) is 7.27. The average molecular weight is 453 g/mol. The van der Waals surface area contributed by atoms with Gasteiger partial charge < -0.3 is 24.4 Å². The van der Waals surface area contributed by atoms with Gasteiger partial charge in [0, 0.05) is 12.1 Å². The summed E-state index contributed by atoms with van der Waals surface area (Å²) in [5.41, 5.74) is 1.25. The Labute approximate surface area is 195 Å². The van der Waals surface area contributed by atoms with Gasteiger partial charge in [0.15, 0.2) is 0 Å². The van der Waals surface area contributed by atoms with E-state index in [-0.39, 0.29) is 11.3 Å². The van der Waals surface area contributed by atoms with Crippen LogP contribution in [0.15, 0.2) is 54.1 Å². The first-order chi connectivity index (χ1) is 15.9. The molecule has 176 valence electrons. The van der Waals surface area contributed by atoms with Crippen molar-refractivity contribution >= 4 is 17.4 Å². The Morgan fingerprint density at radius 2 is 1.67 bits per heavy atom. The SMILES string of the molecule is CCN(CC)CCCN1C(=O)C(=O)/C(=C(/O)c2cccc(OC)c2)[C@@H]1c1ccc(OC)cc1. The Morgan fingerprint density at radius 1 is 1.00 bits per heavy atom. The molecule has 7 heteroatoms. The Kier molecular flexibility index (Phi) is 8.11. The smallest absolute Gasteiger partial charge is 0.295 e. The minimum absolute atomic E-state index is 0.0845. The van der Waals surface area contributed by atoms with Gasteiger partial charge in [-0.3, -0.25) is 9.59 Å². The van der Waals surface area contributed by atoms with Gasteiger partial charge in [0.25, 0.3) is 11.7 Å². The number of aliphatic hydroxyl groups excluding tert-OH is 1. The predicted molar refractivity (Wildman–Crippen MR) is 127 cm³/mol. The highest BCUT2D eigenvalue weighted by Crippen LogP contribution is 2.40. The number of methoxy groups -OCH3 is 2. The van der Waals surface area contributed by atoms with Crippen LogP contribution >= 0.6 is 0 Å². The van der Waals surface area contributed by atoms with Crippen molar-refractivity contribution in [2.75, 3.05) is 40.4 Å². The van der Waals surface area contributed by atoms with Gasteiger partial charge in [-0.15, -0.1) is 0 Å². The van der Waals surface area contributed by atoms with Crippen LogP contribution in [0.2, 0.25) is 0 Å². The van der Waals surface area contributed by atoms with Gasteiger partial charge >= 0.3 is 0 Å². The van der Waals surface area contributed by atoms with Crippen LogP contribution in [-0.4, -0.2) is 67.0 Å². The van der Waals surface area contributed by atoms with Crippen LogP contribution in [0.4, 0.5) is 0 Å². The highest BCUT2D eigenvalue weighted by atomic mass is 16.5.